The monoisotopic (exact) mass is 273 g/mol. The second kappa shape index (κ2) is 5.79. The maximum atomic E-state index is 12.8. The first kappa shape index (κ1) is 14.1. The SMILES string of the molecule is NCC(N1CCN(c2ccccc2)CC1)C(F)(F)F. The molecule has 1 unspecified atom stereocenters. The van der Waals surface area contributed by atoms with Crippen molar-refractivity contribution in [3.63, 3.8) is 0 Å². The minimum absolute atomic E-state index is 0.380. The van der Waals surface area contributed by atoms with Crippen LogP contribution >= 0.6 is 0 Å². The number of nitrogens with zero attached hydrogens (tertiary/aromatic N) is 2. The Bertz CT molecular complexity index is 386. The molecule has 0 spiro atoms. The third-order valence-electron chi connectivity index (χ3n) is 3.48. The molecule has 6 heteroatoms. The van der Waals surface area contributed by atoms with E-state index in [0.717, 1.165) is 5.69 Å². The molecule has 0 aromatic heterocycles. The summed E-state index contributed by atoms with van der Waals surface area (Å²) in [7, 11) is 0. The van der Waals surface area contributed by atoms with E-state index in [9.17, 15) is 13.2 Å². The zero-order chi connectivity index (χ0) is 13.9. The van der Waals surface area contributed by atoms with Crippen molar-refractivity contribution < 1.29 is 13.2 Å². The molecule has 106 valence electrons. The second-order valence-corrected chi connectivity index (χ2v) is 4.65. The lowest BCUT2D eigenvalue weighted by molar-refractivity contribution is -0.181. The van der Waals surface area contributed by atoms with Gasteiger partial charge in [0, 0.05) is 38.4 Å². The Balaban J connectivity index is 1.96. The first-order valence-electron chi connectivity index (χ1n) is 6.33. The molecule has 0 aliphatic carbocycles. The number of hydrogen-bond acceptors (Lipinski definition) is 3. The number of benzene rings is 1. The van der Waals surface area contributed by atoms with Crippen LogP contribution in [0.2, 0.25) is 0 Å². The Morgan fingerprint density at radius 3 is 2.11 bits per heavy atom. The number of rotatable bonds is 3. The van der Waals surface area contributed by atoms with Crippen LogP contribution in [0.25, 0.3) is 0 Å². The fraction of sp³-hybridized carbons (Fsp3) is 0.538. The number of halogens is 3. The maximum absolute atomic E-state index is 12.8. The summed E-state index contributed by atoms with van der Waals surface area (Å²) in [6.45, 7) is 1.58. The Morgan fingerprint density at radius 1 is 1.05 bits per heavy atom. The van der Waals surface area contributed by atoms with Crippen molar-refractivity contribution >= 4 is 5.69 Å². The van der Waals surface area contributed by atoms with Gasteiger partial charge in [-0.25, -0.2) is 0 Å². The molecule has 1 saturated heterocycles. The third kappa shape index (κ3) is 3.39. The quantitative estimate of drug-likeness (QED) is 0.910. The van der Waals surface area contributed by atoms with E-state index in [1.807, 2.05) is 30.3 Å². The van der Waals surface area contributed by atoms with Crippen LogP contribution in [0.15, 0.2) is 30.3 Å². The number of nitrogens with two attached hydrogens (primary N) is 1. The fourth-order valence-corrected chi connectivity index (χ4v) is 2.42. The van der Waals surface area contributed by atoms with Crippen molar-refractivity contribution in [3.05, 3.63) is 30.3 Å². The molecule has 1 fully saturated rings. The standard InChI is InChI=1S/C13H18F3N3/c14-13(15,16)12(10-17)19-8-6-18(7-9-19)11-4-2-1-3-5-11/h1-5,12H,6-10,17H2. The van der Waals surface area contributed by atoms with E-state index in [1.54, 1.807) is 0 Å². The Labute approximate surface area is 110 Å². The van der Waals surface area contributed by atoms with Gasteiger partial charge in [0.05, 0.1) is 0 Å². The highest BCUT2D eigenvalue weighted by atomic mass is 19.4. The molecule has 2 N–H and O–H groups in total. The normalized spacial score (nSPS) is 19.5. The van der Waals surface area contributed by atoms with Gasteiger partial charge in [0.2, 0.25) is 0 Å². The predicted octanol–water partition coefficient (Wildman–Crippen LogP) is 1.70. The van der Waals surface area contributed by atoms with E-state index in [1.165, 1.54) is 4.90 Å². The Kier molecular flexibility index (Phi) is 4.31. The zero-order valence-electron chi connectivity index (χ0n) is 10.6. The van der Waals surface area contributed by atoms with Crippen LogP contribution in [-0.2, 0) is 0 Å². The van der Waals surface area contributed by atoms with E-state index >= 15 is 0 Å². The molecule has 1 aromatic rings. The molecule has 19 heavy (non-hydrogen) atoms. The highest BCUT2D eigenvalue weighted by Crippen LogP contribution is 2.26. The van der Waals surface area contributed by atoms with Crippen LogP contribution in [0, 0.1) is 0 Å². The van der Waals surface area contributed by atoms with Crippen LogP contribution in [0.5, 0.6) is 0 Å². The van der Waals surface area contributed by atoms with Gasteiger partial charge < -0.3 is 10.6 Å². The number of hydrogen-bond donors (Lipinski definition) is 1. The van der Waals surface area contributed by atoms with Crippen molar-refractivity contribution in [1.29, 1.82) is 0 Å². The number of piperazine rings is 1. The lowest BCUT2D eigenvalue weighted by atomic mass is 10.2. The third-order valence-corrected chi connectivity index (χ3v) is 3.48. The number of para-hydroxylation sites is 1. The highest BCUT2D eigenvalue weighted by Gasteiger charge is 2.43. The molecule has 0 saturated carbocycles. The van der Waals surface area contributed by atoms with Crippen LogP contribution in [0.1, 0.15) is 0 Å². The number of anilines is 1. The summed E-state index contributed by atoms with van der Waals surface area (Å²) < 4.78 is 38.4. The molecule has 1 atom stereocenters. The van der Waals surface area contributed by atoms with Crippen LogP contribution < -0.4 is 10.6 Å². The summed E-state index contributed by atoms with van der Waals surface area (Å²) in [6, 6.07) is 8.21. The van der Waals surface area contributed by atoms with Crippen LogP contribution in [0.3, 0.4) is 0 Å². The molecule has 1 aromatic carbocycles. The minimum Gasteiger partial charge on any atom is -0.369 e. The summed E-state index contributed by atoms with van der Waals surface area (Å²) in [5.41, 5.74) is 6.31. The Hall–Kier alpha value is -1.27. The van der Waals surface area contributed by atoms with Gasteiger partial charge in [-0.2, -0.15) is 13.2 Å². The molecule has 3 nitrogen and oxygen atoms in total. The van der Waals surface area contributed by atoms with E-state index in [-0.39, 0.29) is 6.54 Å². The van der Waals surface area contributed by atoms with Gasteiger partial charge in [0.25, 0.3) is 0 Å². The van der Waals surface area contributed by atoms with Crippen molar-refractivity contribution in [1.82, 2.24) is 4.90 Å². The van der Waals surface area contributed by atoms with Crippen molar-refractivity contribution in [2.45, 2.75) is 12.2 Å². The van der Waals surface area contributed by atoms with Gasteiger partial charge in [-0.15, -0.1) is 0 Å². The highest BCUT2D eigenvalue weighted by molar-refractivity contribution is 5.46. The van der Waals surface area contributed by atoms with E-state index in [0.29, 0.717) is 26.2 Å². The van der Waals surface area contributed by atoms with Gasteiger partial charge in [-0.1, -0.05) is 18.2 Å². The van der Waals surface area contributed by atoms with Gasteiger partial charge >= 0.3 is 6.18 Å². The van der Waals surface area contributed by atoms with E-state index in [2.05, 4.69) is 4.90 Å². The first-order valence-corrected chi connectivity index (χ1v) is 6.33. The van der Waals surface area contributed by atoms with E-state index < -0.39 is 12.2 Å². The first-order chi connectivity index (χ1) is 9.02. The van der Waals surface area contributed by atoms with Crippen molar-refractivity contribution in [2.24, 2.45) is 5.73 Å². The molecule has 1 aliphatic rings. The lowest BCUT2D eigenvalue weighted by Crippen LogP contribution is -2.57. The van der Waals surface area contributed by atoms with Crippen LogP contribution in [0.4, 0.5) is 18.9 Å². The minimum atomic E-state index is -4.25. The second-order valence-electron chi connectivity index (χ2n) is 4.65. The van der Waals surface area contributed by atoms with Gasteiger partial charge in [-0.3, -0.25) is 4.90 Å². The largest absolute Gasteiger partial charge is 0.405 e. The molecule has 1 heterocycles. The molecule has 0 amide bonds. The van der Waals surface area contributed by atoms with Crippen molar-refractivity contribution in [2.75, 3.05) is 37.6 Å². The summed E-state index contributed by atoms with van der Waals surface area (Å²) in [4.78, 5) is 3.53. The maximum Gasteiger partial charge on any atom is 0.405 e. The van der Waals surface area contributed by atoms with Crippen LogP contribution in [-0.4, -0.2) is 49.8 Å². The molecule has 1 aliphatic heterocycles. The summed E-state index contributed by atoms with van der Waals surface area (Å²) in [6.07, 6.45) is -4.25. The zero-order valence-corrected chi connectivity index (χ0v) is 10.6. The average molecular weight is 273 g/mol. The fourth-order valence-electron chi connectivity index (χ4n) is 2.42. The van der Waals surface area contributed by atoms with Crippen molar-refractivity contribution in [3.8, 4) is 0 Å². The molecule has 2 rings (SSSR count). The van der Waals surface area contributed by atoms with Gasteiger partial charge in [-0.05, 0) is 12.1 Å². The molecular formula is C13H18F3N3. The molecule has 0 bridgehead atoms. The number of alkyl halides is 3. The lowest BCUT2D eigenvalue weighted by Gasteiger charge is -2.40. The summed E-state index contributed by atoms with van der Waals surface area (Å²) >= 11 is 0. The smallest absolute Gasteiger partial charge is 0.369 e. The van der Waals surface area contributed by atoms with Gasteiger partial charge in [0.15, 0.2) is 0 Å². The average Bonchev–Trinajstić information content (AvgIpc) is 2.40. The summed E-state index contributed by atoms with van der Waals surface area (Å²) in [5.74, 6) is 0. The van der Waals surface area contributed by atoms with Gasteiger partial charge in [0.1, 0.15) is 6.04 Å². The molecular weight excluding hydrogens is 255 g/mol. The van der Waals surface area contributed by atoms with E-state index in [4.69, 9.17) is 5.73 Å². The molecule has 0 radical (unpaired) electrons. The topological polar surface area (TPSA) is 32.5 Å². The predicted molar refractivity (Wildman–Crippen MR) is 69.1 cm³/mol. The Morgan fingerprint density at radius 2 is 1.63 bits per heavy atom. The summed E-state index contributed by atoms with van der Waals surface area (Å²) in [5, 5.41) is 0.